The lowest BCUT2D eigenvalue weighted by molar-refractivity contribution is -0.140. The highest BCUT2D eigenvalue weighted by atomic mass is 32.2. The summed E-state index contributed by atoms with van der Waals surface area (Å²) in [6.07, 6.45) is 2.23. The number of hydrogen-bond donors (Lipinski definition) is 1. The molecule has 0 fully saturated rings. The first-order valence-electron chi connectivity index (χ1n) is 12.9. The summed E-state index contributed by atoms with van der Waals surface area (Å²) < 4.78 is 37.5. The van der Waals surface area contributed by atoms with Gasteiger partial charge < -0.3 is 19.7 Å². The summed E-state index contributed by atoms with van der Waals surface area (Å²) in [6, 6.07) is 13.5. The minimum absolute atomic E-state index is 0.0209. The lowest BCUT2D eigenvalue weighted by Crippen LogP contribution is -2.49. The van der Waals surface area contributed by atoms with E-state index in [4.69, 9.17) is 9.47 Å². The standard InChI is InChI=1S/C28H41N3O6S/c1-7-21(3)29-28(33)22(4)30(20-23-13-11-14-24(19-23)36-5)27(32)17-12-18-31(38(6,34)35)25-15-9-10-16-26(25)37-8-2/h9-11,13-16,19,21-22H,7-8,12,17-18,20H2,1-6H3,(H,29,33)/t21-,22-/m1/s1. The van der Waals surface area contributed by atoms with Gasteiger partial charge in [0.25, 0.3) is 0 Å². The smallest absolute Gasteiger partial charge is 0.242 e. The van der Waals surface area contributed by atoms with Gasteiger partial charge in [0.05, 0.1) is 25.7 Å². The maximum atomic E-state index is 13.5. The number of amides is 2. The summed E-state index contributed by atoms with van der Waals surface area (Å²) in [5, 5.41) is 2.95. The number of ether oxygens (including phenoxy) is 2. The minimum atomic E-state index is -3.63. The number of rotatable bonds is 15. The molecule has 2 aromatic carbocycles. The number of para-hydroxylation sites is 2. The van der Waals surface area contributed by atoms with E-state index < -0.39 is 16.1 Å². The lowest BCUT2D eigenvalue weighted by atomic mass is 10.1. The van der Waals surface area contributed by atoms with Gasteiger partial charge in [0.1, 0.15) is 17.5 Å². The van der Waals surface area contributed by atoms with Gasteiger partial charge in [-0.2, -0.15) is 0 Å². The van der Waals surface area contributed by atoms with Gasteiger partial charge in [-0.05, 0) is 63.4 Å². The van der Waals surface area contributed by atoms with E-state index in [1.165, 1.54) is 9.21 Å². The van der Waals surface area contributed by atoms with E-state index in [1.54, 1.807) is 38.3 Å². The van der Waals surface area contributed by atoms with Crippen molar-refractivity contribution in [2.24, 2.45) is 0 Å². The molecule has 0 heterocycles. The fourth-order valence-electron chi connectivity index (χ4n) is 3.94. The predicted octanol–water partition coefficient (Wildman–Crippen LogP) is 3.97. The summed E-state index contributed by atoms with van der Waals surface area (Å²) in [7, 11) is -2.06. The molecular weight excluding hydrogens is 506 g/mol. The second kappa shape index (κ2) is 14.6. The molecule has 2 amide bonds. The first-order valence-corrected chi connectivity index (χ1v) is 14.8. The van der Waals surface area contributed by atoms with Gasteiger partial charge in [0.2, 0.25) is 21.8 Å². The molecule has 10 heteroatoms. The molecule has 0 saturated carbocycles. The number of sulfonamides is 1. The quantitative estimate of drug-likeness (QED) is 0.362. The van der Waals surface area contributed by atoms with Crippen LogP contribution in [-0.4, -0.2) is 63.7 Å². The van der Waals surface area contributed by atoms with Crippen molar-refractivity contribution in [2.75, 3.05) is 30.8 Å². The Kier molecular flexibility index (Phi) is 11.9. The Morgan fingerprint density at radius 1 is 1.05 bits per heavy atom. The minimum Gasteiger partial charge on any atom is -0.497 e. The monoisotopic (exact) mass is 547 g/mol. The van der Waals surface area contributed by atoms with Crippen molar-refractivity contribution < 1.29 is 27.5 Å². The van der Waals surface area contributed by atoms with Crippen LogP contribution in [0.25, 0.3) is 0 Å². The molecule has 1 N–H and O–H groups in total. The average Bonchev–Trinajstić information content (AvgIpc) is 2.89. The summed E-state index contributed by atoms with van der Waals surface area (Å²) in [5.74, 6) is 0.635. The van der Waals surface area contributed by atoms with Crippen LogP contribution in [0.15, 0.2) is 48.5 Å². The SMILES string of the molecule is CCOc1ccccc1N(CCCC(=O)N(Cc1cccc(OC)c1)[C@H](C)C(=O)N[C@H](C)CC)S(C)(=O)=O. The van der Waals surface area contributed by atoms with Crippen molar-refractivity contribution in [1.29, 1.82) is 0 Å². The number of anilines is 1. The van der Waals surface area contributed by atoms with Crippen LogP contribution in [0.2, 0.25) is 0 Å². The summed E-state index contributed by atoms with van der Waals surface area (Å²) >= 11 is 0. The molecule has 0 spiro atoms. The number of hydrogen-bond acceptors (Lipinski definition) is 6. The zero-order chi connectivity index (χ0) is 28.3. The molecule has 0 radical (unpaired) electrons. The van der Waals surface area contributed by atoms with E-state index >= 15 is 0 Å². The highest BCUT2D eigenvalue weighted by Crippen LogP contribution is 2.30. The van der Waals surface area contributed by atoms with E-state index in [1.807, 2.05) is 45.0 Å². The fourth-order valence-corrected chi connectivity index (χ4v) is 4.91. The number of methoxy groups -OCH3 is 1. The third kappa shape index (κ3) is 8.93. The number of benzene rings is 2. The van der Waals surface area contributed by atoms with Crippen molar-refractivity contribution in [1.82, 2.24) is 10.2 Å². The third-order valence-electron chi connectivity index (χ3n) is 6.24. The molecule has 0 aromatic heterocycles. The number of carbonyl (C=O) groups is 2. The number of carbonyl (C=O) groups excluding carboxylic acids is 2. The molecule has 210 valence electrons. The molecule has 0 bridgehead atoms. The molecule has 38 heavy (non-hydrogen) atoms. The van der Waals surface area contributed by atoms with Crippen molar-refractivity contribution in [3.8, 4) is 11.5 Å². The van der Waals surface area contributed by atoms with Crippen LogP contribution >= 0.6 is 0 Å². The van der Waals surface area contributed by atoms with Crippen LogP contribution in [0.3, 0.4) is 0 Å². The van der Waals surface area contributed by atoms with Gasteiger partial charge in [-0.1, -0.05) is 31.2 Å². The second-order valence-electron chi connectivity index (χ2n) is 9.21. The normalized spacial score (nSPS) is 12.8. The van der Waals surface area contributed by atoms with E-state index in [0.29, 0.717) is 23.8 Å². The molecule has 2 rings (SSSR count). The highest BCUT2D eigenvalue weighted by Gasteiger charge is 2.28. The number of nitrogens with one attached hydrogen (secondary N) is 1. The van der Waals surface area contributed by atoms with E-state index in [2.05, 4.69) is 5.32 Å². The van der Waals surface area contributed by atoms with Gasteiger partial charge in [-0.25, -0.2) is 8.42 Å². The molecule has 0 aliphatic carbocycles. The van der Waals surface area contributed by atoms with E-state index in [-0.39, 0.29) is 43.8 Å². The molecule has 0 aliphatic heterocycles. The van der Waals surface area contributed by atoms with Gasteiger partial charge in [0, 0.05) is 25.6 Å². The molecule has 9 nitrogen and oxygen atoms in total. The molecule has 0 saturated heterocycles. The maximum Gasteiger partial charge on any atom is 0.242 e. The Hall–Kier alpha value is -3.27. The maximum absolute atomic E-state index is 13.5. The molecule has 0 aliphatic rings. The van der Waals surface area contributed by atoms with Gasteiger partial charge in [-0.3, -0.25) is 13.9 Å². The van der Waals surface area contributed by atoms with Crippen molar-refractivity contribution >= 4 is 27.5 Å². The summed E-state index contributed by atoms with van der Waals surface area (Å²) in [6.45, 7) is 8.13. The zero-order valence-corrected chi connectivity index (χ0v) is 24.1. The number of nitrogens with zero attached hydrogens (tertiary/aromatic N) is 2. The lowest BCUT2D eigenvalue weighted by Gasteiger charge is -2.30. The third-order valence-corrected chi connectivity index (χ3v) is 7.42. The Bertz CT molecular complexity index is 1170. The largest absolute Gasteiger partial charge is 0.497 e. The Balaban J connectivity index is 2.23. The summed E-state index contributed by atoms with van der Waals surface area (Å²) in [4.78, 5) is 27.9. The van der Waals surface area contributed by atoms with Gasteiger partial charge >= 0.3 is 0 Å². The van der Waals surface area contributed by atoms with Crippen LogP contribution in [0.5, 0.6) is 11.5 Å². The molecule has 0 unspecified atom stereocenters. The molecular formula is C28H41N3O6S. The highest BCUT2D eigenvalue weighted by molar-refractivity contribution is 7.92. The first kappa shape index (κ1) is 31.0. The fraction of sp³-hybridized carbons (Fsp3) is 0.500. The van der Waals surface area contributed by atoms with Crippen molar-refractivity contribution in [3.05, 3.63) is 54.1 Å². The van der Waals surface area contributed by atoms with E-state index in [9.17, 15) is 18.0 Å². The topological polar surface area (TPSA) is 105 Å². The summed E-state index contributed by atoms with van der Waals surface area (Å²) in [5.41, 5.74) is 1.25. The predicted molar refractivity (Wildman–Crippen MR) is 150 cm³/mol. The van der Waals surface area contributed by atoms with Crippen LogP contribution in [0.4, 0.5) is 5.69 Å². The van der Waals surface area contributed by atoms with Crippen LogP contribution < -0.4 is 19.1 Å². The molecule has 2 atom stereocenters. The van der Waals surface area contributed by atoms with Crippen molar-refractivity contribution in [3.63, 3.8) is 0 Å². The van der Waals surface area contributed by atoms with Crippen molar-refractivity contribution in [2.45, 2.75) is 65.6 Å². The Labute approximate surface area is 227 Å². The van der Waals surface area contributed by atoms with Crippen LogP contribution in [0.1, 0.15) is 52.5 Å². The van der Waals surface area contributed by atoms with Gasteiger partial charge in [0.15, 0.2) is 0 Å². The van der Waals surface area contributed by atoms with Crippen LogP contribution in [0, 0.1) is 0 Å². The van der Waals surface area contributed by atoms with Gasteiger partial charge in [-0.15, -0.1) is 0 Å². The Morgan fingerprint density at radius 3 is 2.39 bits per heavy atom. The Morgan fingerprint density at radius 2 is 1.76 bits per heavy atom. The average molecular weight is 548 g/mol. The first-order chi connectivity index (χ1) is 18.0. The van der Waals surface area contributed by atoms with Crippen LogP contribution in [-0.2, 0) is 26.2 Å². The zero-order valence-electron chi connectivity index (χ0n) is 23.3. The van der Waals surface area contributed by atoms with E-state index in [0.717, 1.165) is 18.2 Å². The molecule has 2 aromatic rings. The second-order valence-corrected chi connectivity index (χ2v) is 11.1.